The van der Waals surface area contributed by atoms with E-state index in [0.29, 0.717) is 45.4 Å². The normalized spacial score (nSPS) is 18.0. The van der Waals surface area contributed by atoms with Crippen LogP contribution in [0.25, 0.3) is 22.5 Å². The maximum absolute atomic E-state index is 13.1. The Hall–Kier alpha value is -3.00. The molecule has 4 rings (SSSR count). The summed E-state index contributed by atoms with van der Waals surface area (Å²) in [6, 6.07) is 13.1. The van der Waals surface area contributed by atoms with E-state index in [4.69, 9.17) is 23.2 Å². The molecule has 0 bridgehead atoms. The summed E-state index contributed by atoms with van der Waals surface area (Å²) in [6.07, 6.45) is 2.24. The number of aliphatic hydroxyl groups excluding tert-OH is 1. The lowest BCUT2D eigenvalue weighted by Gasteiger charge is -2.28. The minimum absolute atomic E-state index is 0.292. The minimum Gasteiger partial charge on any atom is -0.476 e. The van der Waals surface area contributed by atoms with E-state index in [2.05, 4.69) is 15.3 Å². The van der Waals surface area contributed by atoms with Gasteiger partial charge in [0.2, 0.25) is 0 Å². The van der Waals surface area contributed by atoms with Crippen molar-refractivity contribution >= 4 is 35.1 Å². The molecule has 3 aromatic rings. The van der Waals surface area contributed by atoms with Gasteiger partial charge in [-0.25, -0.2) is 14.8 Å². The van der Waals surface area contributed by atoms with Crippen molar-refractivity contribution in [3.8, 4) is 22.5 Å². The third-order valence-electron chi connectivity index (χ3n) is 5.59. The predicted molar refractivity (Wildman–Crippen MR) is 126 cm³/mol. The number of carbonyl (C=O) groups is 2. The molecule has 2 aromatic carbocycles. The zero-order valence-electron chi connectivity index (χ0n) is 17.5. The summed E-state index contributed by atoms with van der Waals surface area (Å²) in [4.78, 5) is 33.9. The second-order valence-corrected chi connectivity index (χ2v) is 8.74. The average Bonchev–Trinajstić information content (AvgIpc) is 2.81. The van der Waals surface area contributed by atoms with E-state index in [1.54, 1.807) is 48.5 Å². The van der Waals surface area contributed by atoms with Gasteiger partial charge < -0.3 is 15.5 Å². The van der Waals surface area contributed by atoms with Crippen molar-refractivity contribution in [1.29, 1.82) is 0 Å². The number of nitrogens with zero attached hydrogens (tertiary/aromatic N) is 2. The van der Waals surface area contributed by atoms with Gasteiger partial charge in [0.15, 0.2) is 11.4 Å². The van der Waals surface area contributed by atoms with Crippen LogP contribution < -0.4 is 5.32 Å². The Labute approximate surface area is 200 Å². The summed E-state index contributed by atoms with van der Waals surface area (Å²) in [5.74, 6) is -2.07. The second-order valence-electron chi connectivity index (χ2n) is 7.87. The van der Waals surface area contributed by atoms with E-state index in [1.165, 1.54) is 0 Å². The van der Waals surface area contributed by atoms with Gasteiger partial charge in [0.25, 0.3) is 5.91 Å². The molecular formula is C24H21Cl2N3O4. The largest absolute Gasteiger partial charge is 0.476 e. The van der Waals surface area contributed by atoms with Gasteiger partial charge in [-0.2, -0.15) is 0 Å². The van der Waals surface area contributed by atoms with Crippen LogP contribution in [-0.4, -0.2) is 44.2 Å². The van der Waals surface area contributed by atoms with Crippen LogP contribution in [0.15, 0.2) is 48.5 Å². The molecule has 0 radical (unpaired) electrons. The fraction of sp³-hybridized carbons (Fsp3) is 0.250. The number of aromatic carboxylic acids is 1. The number of hydrogen-bond donors (Lipinski definition) is 3. The van der Waals surface area contributed by atoms with Crippen molar-refractivity contribution in [3.05, 3.63) is 70.0 Å². The molecule has 0 saturated heterocycles. The van der Waals surface area contributed by atoms with Crippen LogP contribution in [0.4, 0.5) is 0 Å². The number of amides is 1. The Kier molecular flexibility index (Phi) is 6.93. The van der Waals surface area contributed by atoms with Crippen LogP contribution in [0.5, 0.6) is 0 Å². The summed E-state index contributed by atoms with van der Waals surface area (Å²) >= 11 is 12.0. The molecule has 1 aliphatic carbocycles. The monoisotopic (exact) mass is 485 g/mol. The Morgan fingerprint density at radius 1 is 0.818 bits per heavy atom. The van der Waals surface area contributed by atoms with Gasteiger partial charge in [0.05, 0.1) is 23.5 Å². The van der Waals surface area contributed by atoms with E-state index in [0.717, 1.165) is 12.8 Å². The van der Waals surface area contributed by atoms with Crippen LogP contribution in [-0.2, 0) is 0 Å². The molecule has 1 aromatic heterocycles. The topological polar surface area (TPSA) is 112 Å². The van der Waals surface area contributed by atoms with Crippen molar-refractivity contribution in [3.63, 3.8) is 0 Å². The number of aliphatic hydroxyl groups is 1. The first-order valence-corrected chi connectivity index (χ1v) is 11.2. The smallest absolute Gasteiger partial charge is 0.357 e. The Morgan fingerprint density at radius 3 is 1.79 bits per heavy atom. The van der Waals surface area contributed by atoms with Crippen LogP contribution in [0.1, 0.15) is 46.7 Å². The number of benzene rings is 2. The number of rotatable bonds is 5. The maximum Gasteiger partial charge on any atom is 0.357 e. The quantitative estimate of drug-likeness (QED) is 0.476. The van der Waals surface area contributed by atoms with Crippen molar-refractivity contribution in [1.82, 2.24) is 15.3 Å². The molecule has 7 nitrogen and oxygen atoms in total. The lowest BCUT2D eigenvalue weighted by atomic mass is 9.92. The Bertz CT molecular complexity index is 1180. The molecule has 1 amide bonds. The minimum atomic E-state index is -1.38. The summed E-state index contributed by atoms with van der Waals surface area (Å²) in [5.41, 5.74) is 1.03. The third kappa shape index (κ3) is 5.16. The Morgan fingerprint density at radius 2 is 1.30 bits per heavy atom. The highest BCUT2D eigenvalue weighted by Gasteiger charge is 2.29. The molecule has 1 heterocycles. The highest BCUT2D eigenvalue weighted by atomic mass is 35.5. The molecule has 9 heteroatoms. The predicted octanol–water partition coefficient (Wildman–Crippen LogP) is 4.85. The summed E-state index contributed by atoms with van der Waals surface area (Å²) in [6.45, 7) is 0. The Balaban J connectivity index is 1.85. The van der Waals surface area contributed by atoms with Crippen molar-refractivity contribution in [2.75, 3.05) is 0 Å². The number of hydrogen-bond acceptors (Lipinski definition) is 5. The molecule has 2 atom stereocenters. The molecular weight excluding hydrogens is 465 g/mol. The number of aromatic nitrogens is 2. The second kappa shape index (κ2) is 9.87. The molecule has 0 spiro atoms. The van der Waals surface area contributed by atoms with Gasteiger partial charge in [0.1, 0.15) is 0 Å². The lowest BCUT2D eigenvalue weighted by Crippen LogP contribution is -2.45. The molecule has 1 saturated carbocycles. The highest BCUT2D eigenvalue weighted by Crippen LogP contribution is 2.32. The van der Waals surface area contributed by atoms with E-state index in [9.17, 15) is 19.8 Å². The maximum atomic E-state index is 13.1. The zero-order valence-corrected chi connectivity index (χ0v) is 19.0. The van der Waals surface area contributed by atoms with Crippen molar-refractivity contribution in [2.24, 2.45) is 0 Å². The first-order chi connectivity index (χ1) is 15.8. The zero-order chi connectivity index (χ0) is 23.5. The van der Waals surface area contributed by atoms with Crippen molar-refractivity contribution in [2.45, 2.75) is 37.8 Å². The van der Waals surface area contributed by atoms with Crippen LogP contribution in [0.2, 0.25) is 10.0 Å². The van der Waals surface area contributed by atoms with E-state index >= 15 is 0 Å². The highest BCUT2D eigenvalue weighted by molar-refractivity contribution is 6.31. The fourth-order valence-electron chi connectivity index (χ4n) is 3.88. The molecule has 170 valence electrons. The summed E-state index contributed by atoms with van der Waals surface area (Å²) in [7, 11) is 0. The van der Waals surface area contributed by atoms with Gasteiger partial charge in [-0.1, -0.05) is 60.3 Å². The lowest BCUT2D eigenvalue weighted by molar-refractivity contribution is 0.0666. The molecule has 0 aliphatic heterocycles. The summed E-state index contributed by atoms with van der Waals surface area (Å²) < 4.78 is 0. The van der Waals surface area contributed by atoms with Gasteiger partial charge in [0, 0.05) is 21.2 Å². The van der Waals surface area contributed by atoms with Gasteiger partial charge in [-0.15, -0.1) is 0 Å². The fourth-order valence-corrected chi connectivity index (χ4v) is 4.13. The van der Waals surface area contributed by atoms with E-state index in [1.807, 2.05) is 0 Å². The number of carboxylic acid groups (broad SMARTS) is 1. The van der Waals surface area contributed by atoms with Crippen LogP contribution >= 0.6 is 23.2 Å². The molecule has 1 aliphatic rings. The van der Waals surface area contributed by atoms with Gasteiger partial charge in [-0.05, 0) is 37.1 Å². The van der Waals surface area contributed by atoms with E-state index in [-0.39, 0.29) is 5.69 Å². The van der Waals surface area contributed by atoms with Crippen molar-refractivity contribution < 1.29 is 19.8 Å². The van der Waals surface area contributed by atoms with E-state index < -0.39 is 29.7 Å². The molecule has 2 unspecified atom stereocenters. The van der Waals surface area contributed by atoms with Crippen LogP contribution in [0, 0.1) is 0 Å². The average molecular weight is 486 g/mol. The van der Waals surface area contributed by atoms with Gasteiger partial charge in [-0.3, -0.25) is 4.79 Å². The first kappa shape index (κ1) is 23.2. The number of halogens is 2. The molecule has 33 heavy (non-hydrogen) atoms. The SMILES string of the molecule is O=C(O)c1nc(-c2ccc(Cl)cc2)c(-c2ccc(Cl)cc2)nc1C(=O)NC1CCCCC1O. The standard InChI is InChI=1S/C24H21Cl2N3O4/c25-15-9-5-13(6-10-15)19-20(14-7-11-16(26)12-8-14)29-22(24(32)33)21(28-19)23(31)27-17-3-1-2-4-18(17)30/h5-12,17-18,30H,1-4H2,(H,27,31)(H,32,33). The number of nitrogens with one attached hydrogen (secondary N) is 1. The first-order valence-electron chi connectivity index (χ1n) is 10.5. The summed E-state index contributed by atoms with van der Waals surface area (Å²) in [5, 5.41) is 23.8. The number of carbonyl (C=O) groups excluding carboxylic acids is 1. The number of carboxylic acids is 1. The third-order valence-corrected chi connectivity index (χ3v) is 6.10. The van der Waals surface area contributed by atoms with Crippen LogP contribution in [0.3, 0.4) is 0 Å². The molecule has 1 fully saturated rings. The molecule has 3 N–H and O–H groups in total. The van der Waals surface area contributed by atoms with Gasteiger partial charge >= 0.3 is 5.97 Å².